The van der Waals surface area contributed by atoms with Crippen molar-refractivity contribution in [3.63, 3.8) is 0 Å². The molecule has 0 heterocycles. The van der Waals surface area contributed by atoms with Gasteiger partial charge in [-0.15, -0.1) is 11.8 Å². The lowest BCUT2D eigenvalue weighted by Crippen LogP contribution is -2.07. The van der Waals surface area contributed by atoms with Gasteiger partial charge in [-0.1, -0.05) is 12.1 Å². The zero-order chi connectivity index (χ0) is 13.8. The van der Waals surface area contributed by atoms with E-state index in [1.54, 1.807) is 23.9 Å². The minimum Gasteiger partial charge on any atom is -0.378 e. The summed E-state index contributed by atoms with van der Waals surface area (Å²) in [5, 5.41) is 3.42. The van der Waals surface area contributed by atoms with E-state index in [2.05, 4.69) is 42.8 Å². The van der Waals surface area contributed by atoms with Crippen molar-refractivity contribution in [3.05, 3.63) is 59.4 Å². The van der Waals surface area contributed by atoms with E-state index in [1.807, 2.05) is 6.92 Å². The smallest absolute Gasteiger partial charge is 0.123 e. The lowest BCUT2D eigenvalue weighted by atomic mass is 10.1. The van der Waals surface area contributed by atoms with Crippen LogP contribution in [0.15, 0.2) is 47.4 Å². The first-order valence-electron chi connectivity index (χ1n) is 6.27. The molecule has 0 amide bonds. The molecule has 0 aliphatic rings. The van der Waals surface area contributed by atoms with Crippen molar-refractivity contribution in [1.29, 1.82) is 0 Å². The Kier molecular flexibility index (Phi) is 4.48. The summed E-state index contributed by atoms with van der Waals surface area (Å²) in [6, 6.07) is 13.5. The van der Waals surface area contributed by atoms with E-state index >= 15 is 0 Å². The zero-order valence-electron chi connectivity index (χ0n) is 11.4. The number of hydrogen-bond acceptors (Lipinski definition) is 2. The van der Waals surface area contributed by atoms with Crippen LogP contribution in [-0.2, 0) is 0 Å². The number of halogens is 1. The van der Waals surface area contributed by atoms with E-state index in [9.17, 15) is 4.39 Å². The van der Waals surface area contributed by atoms with Crippen LogP contribution < -0.4 is 5.32 Å². The summed E-state index contributed by atoms with van der Waals surface area (Å²) in [7, 11) is 0. The van der Waals surface area contributed by atoms with E-state index in [0.717, 1.165) is 11.3 Å². The van der Waals surface area contributed by atoms with Crippen LogP contribution >= 0.6 is 11.8 Å². The molecule has 0 radical (unpaired) electrons. The number of anilines is 1. The maximum atomic E-state index is 13.1. The number of aryl methyl sites for hydroxylation is 1. The maximum Gasteiger partial charge on any atom is 0.123 e. The van der Waals surface area contributed by atoms with Gasteiger partial charge in [-0.25, -0.2) is 4.39 Å². The van der Waals surface area contributed by atoms with E-state index in [1.165, 1.54) is 16.5 Å². The van der Waals surface area contributed by atoms with Crippen LogP contribution in [0.1, 0.15) is 24.1 Å². The molecule has 2 aromatic rings. The predicted octanol–water partition coefficient (Wildman–Crippen LogP) is 5.03. The maximum absolute atomic E-state index is 13.1. The Morgan fingerprint density at radius 3 is 2.37 bits per heavy atom. The molecule has 0 bridgehead atoms. The average molecular weight is 275 g/mol. The van der Waals surface area contributed by atoms with Crippen LogP contribution in [0.2, 0.25) is 0 Å². The third-order valence-electron chi connectivity index (χ3n) is 3.18. The minimum atomic E-state index is -0.194. The molecule has 0 aromatic heterocycles. The van der Waals surface area contributed by atoms with E-state index in [0.29, 0.717) is 0 Å². The number of nitrogens with one attached hydrogen (secondary N) is 1. The zero-order valence-corrected chi connectivity index (χ0v) is 12.2. The van der Waals surface area contributed by atoms with Crippen molar-refractivity contribution in [2.45, 2.75) is 24.8 Å². The van der Waals surface area contributed by atoms with Gasteiger partial charge in [0.05, 0.1) is 0 Å². The summed E-state index contributed by atoms with van der Waals surface area (Å²) in [6.45, 7) is 4.02. The van der Waals surface area contributed by atoms with Gasteiger partial charge in [0.1, 0.15) is 5.82 Å². The molecule has 0 fully saturated rings. The molecule has 1 N–H and O–H groups in total. The van der Waals surface area contributed by atoms with Crippen molar-refractivity contribution in [3.8, 4) is 0 Å². The van der Waals surface area contributed by atoms with Crippen LogP contribution in [0.25, 0.3) is 0 Å². The van der Waals surface area contributed by atoms with Gasteiger partial charge >= 0.3 is 0 Å². The largest absolute Gasteiger partial charge is 0.378 e. The Hall–Kier alpha value is -1.48. The monoisotopic (exact) mass is 275 g/mol. The molecule has 1 nitrogen and oxygen atoms in total. The highest BCUT2D eigenvalue weighted by molar-refractivity contribution is 7.98. The van der Waals surface area contributed by atoms with Crippen LogP contribution in [0, 0.1) is 12.7 Å². The number of rotatable bonds is 4. The van der Waals surface area contributed by atoms with E-state index < -0.39 is 0 Å². The van der Waals surface area contributed by atoms with Crippen molar-refractivity contribution in [2.75, 3.05) is 11.6 Å². The van der Waals surface area contributed by atoms with Gasteiger partial charge in [0.2, 0.25) is 0 Å². The van der Waals surface area contributed by atoms with Crippen molar-refractivity contribution < 1.29 is 4.39 Å². The fourth-order valence-corrected chi connectivity index (χ4v) is 2.41. The molecule has 2 rings (SSSR count). The molecule has 1 atom stereocenters. The Morgan fingerprint density at radius 2 is 1.79 bits per heavy atom. The van der Waals surface area contributed by atoms with Gasteiger partial charge < -0.3 is 5.32 Å². The Bertz CT molecular complexity index is 551. The van der Waals surface area contributed by atoms with Gasteiger partial charge in [0.25, 0.3) is 0 Å². The van der Waals surface area contributed by atoms with Crippen molar-refractivity contribution >= 4 is 17.4 Å². The van der Waals surface area contributed by atoms with Crippen LogP contribution in [0.4, 0.5) is 10.1 Å². The average Bonchev–Trinajstić information content (AvgIpc) is 2.42. The topological polar surface area (TPSA) is 12.0 Å². The Labute approximate surface area is 118 Å². The third-order valence-corrected chi connectivity index (χ3v) is 3.92. The highest BCUT2D eigenvalue weighted by Crippen LogP contribution is 2.24. The second-order valence-electron chi connectivity index (χ2n) is 4.60. The number of benzene rings is 2. The molecule has 100 valence electrons. The Balaban J connectivity index is 2.13. The molecule has 19 heavy (non-hydrogen) atoms. The Morgan fingerprint density at radius 1 is 1.11 bits per heavy atom. The lowest BCUT2D eigenvalue weighted by molar-refractivity contribution is 0.626. The summed E-state index contributed by atoms with van der Waals surface area (Å²) in [5.41, 5.74) is 3.12. The molecule has 0 aliphatic carbocycles. The fraction of sp³-hybridized carbons (Fsp3) is 0.250. The SMILES string of the molecule is CSc1ccc(C(C)Nc2ccc(F)cc2C)cc1. The molecule has 1 unspecified atom stereocenters. The molecular formula is C16H18FNS. The van der Waals surface area contributed by atoms with Crippen molar-refractivity contribution in [1.82, 2.24) is 0 Å². The molecule has 0 saturated heterocycles. The van der Waals surface area contributed by atoms with E-state index in [4.69, 9.17) is 0 Å². The van der Waals surface area contributed by atoms with E-state index in [-0.39, 0.29) is 11.9 Å². The number of hydrogen-bond donors (Lipinski definition) is 1. The molecule has 0 spiro atoms. The highest BCUT2D eigenvalue weighted by atomic mass is 32.2. The normalized spacial score (nSPS) is 12.2. The van der Waals surface area contributed by atoms with Gasteiger partial charge in [0, 0.05) is 16.6 Å². The molecule has 0 aliphatic heterocycles. The first-order valence-corrected chi connectivity index (χ1v) is 7.49. The molecule has 2 aromatic carbocycles. The van der Waals surface area contributed by atoms with Crippen LogP contribution in [0.3, 0.4) is 0 Å². The van der Waals surface area contributed by atoms with Gasteiger partial charge in [0.15, 0.2) is 0 Å². The third kappa shape index (κ3) is 3.51. The van der Waals surface area contributed by atoms with Gasteiger partial charge in [-0.3, -0.25) is 0 Å². The summed E-state index contributed by atoms with van der Waals surface area (Å²) < 4.78 is 13.1. The molecule has 0 saturated carbocycles. The first-order chi connectivity index (χ1) is 9.10. The van der Waals surface area contributed by atoms with Crippen LogP contribution in [0.5, 0.6) is 0 Å². The minimum absolute atomic E-state index is 0.194. The number of thioether (sulfide) groups is 1. The standard InChI is InChI=1S/C16H18FNS/c1-11-10-14(17)6-9-16(11)18-12(2)13-4-7-15(19-3)8-5-13/h4-10,12,18H,1-3H3. The highest BCUT2D eigenvalue weighted by Gasteiger charge is 2.07. The van der Waals surface area contributed by atoms with Gasteiger partial charge in [-0.05, 0) is 61.6 Å². The predicted molar refractivity (Wildman–Crippen MR) is 81.4 cm³/mol. The molecule has 3 heteroatoms. The summed E-state index contributed by atoms with van der Waals surface area (Å²) in [4.78, 5) is 1.26. The fourth-order valence-electron chi connectivity index (χ4n) is 2.00. The van der Waals surface area contributed by atoms with Gasteiger partial charge in [-0.2, -0.15) is 0 Å². The quantitative estimate of drug-likeness (QED) is 0.785. The second-order valence-corrected chi connectivity index (χ2v) is 5.48. The molecular weight excluding hydrogens is 257 g/mol. The lowest BCUT2D eigenvalue weighted by Gasteiger charge is -2.17. The van der Waals surface area contributed by atoms with Crippen molar-refractivity contribution in [2.24, 2.45) is 0 Å². The second kappa shape index (κ2) is 6.11. The first kappa shape index (κ1) is 13.9. The summed E-state index contributed by atoms with van der Waals surface area (Å²) in [5.74, 6) is -0.194. The summed E-state index contributed by atoms with van der Waals surface area (Å²) >= 11 is 1.74. The summed E-state index contributed by atoms with van der Waals surface area (Å²) in [6.07, 6.45) is 2.07. The van der Waals surface area contributed by atoms with Crippen LogP contribution in [-0.4, -0.2) is 6.26 Å².